The lowest BCUT2D eigenvalue weighted by Gasteiger charge is -2.26. The number of rotatable bonds is 4. The van der Waals surface area contributed by atoms with Crippen molar-refractivity contribution in [1.82, 2.24) is 9.88 Å². The van der Waals surface area contributed by atoms with Gasteiger partial charge in [0.2, 0.25) is 0 Å². The Hall–Kier alpha value is -1.89. The number of thiophene rings is 1. The first-order valence-corrected chi connectivity index (χ1v) is 10.4. The van der Waals surface area contributed by atoms with Crippen LogP contribution in [0, 0.1) is 6.92 Å². The Kier molecular flexibility index (Phi) is 4.98. The zero-order valence-electron chi connectivity index (χ0n) is 14.2. The van der Waals surface area contributed by atoms with E-state index >= 15 is 0 Å². The molecule has 26 heavy (non-hydrogen) atoms. The van der Waals surface area contributed by atoms with Crippen molar-refractivity contribution in [3.05, 3.63) is 66.8 Å². The number of halogens is 1. The summed E-state index contributed by atoms with van der Waals surface area (Å²) in [5, 5.41) is 3.57. The largest absolute Gasteiger partial charge is 0.486 e. The van der Waals surface area contributed by atoms with E-state index in [0.717, 1.165) is 29.4 Å². The number of fused-ring (bicyclic) bond motifs is 1. The minimum absolute atomic E-state index is 0.0644. The van der Waals surface area contributed by atoms with Crippen LogP contribution in [0.5, 0.6) is 5.75 Å². The maximum atomic E-state index is 12.9. The van der Waals surface area contributed by atoms with Gasteiger partial charge in [-0.2, -0.15) is 0 Å². The van der Waals surface area contributed by atoms with Crippen LogP contribution in [-0.4, -0.2) is 22.3 Å². The average molecular weight is 405 g/mol. The van der Waals surface area contributed by atoms with Crippen LogP contribution >= 0.6 is 34.3 Å². The van der Waals surface area contributed by atoms with E-state index in [1.54, 1.807) is 23.5 Å². The highest BCUT2D eigenvalue weighted by Crippen LogP contribution is 2.28. The summed E-state index contributed by atoms with van der Waals surface area (Å²) in [4.78, 5) is 21.5. The Labute approximate surface area is 165 Å². The molecule has 0 N–H and O–H groups in total. The van der Waals surface area contributed by atoms with Gasteiger partial charge in [-0.3, -0.25) is 4.79 Å². The summed E-state index contributed by atoms with van der Waals surface area (Å²) in [6.07, 6.45) is 0.934. The van der Waals surface area contributed by atoms with Crippen molar-refractivity contribution < 1.29 is 9.53 Å². The lowest BCUT2D eigenvalue weighted by atomic mass is 10.1. The molecule has 2 aromatic heterocycles. The lowest BCUT2D eigenvalue weighted by molar-refractivity contribution is 0.0740. The fraction of sp³-hybridized carbons (Fsp3) is 0.263. The van der Waals surface area contributed by atoms with Gasteiger partial charge in [0.15, 0.2) is 0 Å². The molecule has 0 spiro atoms. The van der Waals surface area contributed by atoms with Gasteiger partial charge in [0.05, 0.1) is 5.69 Å². The van der Waals surface area contributed by atoms with Crippen molar-refractivity contribution in [3.8, 4) is 5.75 Å². The van der Waals surface area contributed by atoms with Crippen LogP contribution in [0.3, 0.4) is 0 Å². The van der Waals surface area contributed by atoms with Crippen molar-refractivity contribution >= 4 is 40.2 Å². The predicted molar refractivity (Wildman–Crippen MR) is 105 cm³/mol. The molecule has 1 aliphatic rings. The van der Waals surface area contributed by atoms with Crippen molar-refractivity contribution in [1.29, 1.82) is 0 Å². The molecule has 4 rings (SSSR count). The number of thiazole rings is 1. The molecule has 0 saturated heterocycles. The smallest absolute Gasteiger partial charge is 0.266 e. The summed E-state index contributed by atoms with van der Waals surface area (Å²) in [7, 11) is 0. The maximum Gasteiger partial charge on any atom is 0.266 e. The molecule has 0 atom stereocenters. The molecule has 1 aromatic carbocycles. The van der Waals surface area contributed by atoms with E-state index in [2.05, 4.69) is 16.4 Å². The third-order valence-corrected chi connectivity index (χ3v) is 6.70. The van der Waals surface area contributed by atoms with E-state index in [0.29, 0.717) is 23.1 Å². The molecule has 1 amide bonds. The van der Waals surface area contributed by atoms with E-state index < -0.39 is 0 Å². The van der Waals surface area contributed by atoms with Gasteiger partial charge in [0.25, 0.3) is 5.91 Å². The summed E-state index contributed by atoms with van der Waals surface area (Å²) in [6, 6.07) is 9.33. The first kappa shape index (κ1) is 17.5. The first-order valence-electron chi connectivity index (χ1n) is 8.29. The van der Waals surface area contributed by atoms with Crippen molar-refractivity contribution in [3.63, 3.8) is 0 Å². The SMILES string of the molecule is Cc1nc(COc2ccc(Cl)cc2)sc1C(=O)N1CCc2sccc2C1. The van der Waals surface area contributed by atoms with E-state index in [1.807, 2.05) is 24.0 Å². The van der Waals surface area contributed by atoms with Crippen LogP contribution in [0.25, 0.3) is 0 Å². The second kappa shape index (κ2) is 7.39. The molecule has 3 aromatic rings. The molecule has 134 valence electrons. The Balaban J connectivity index is 1.44. The highest BCUT2D eigenvalue weighted by Gasteiger charge is 2.25. The molecule has 0 radical (unpaired) electrons. The number of ether oxygens (including phenoxy) is 1. The first-order chi connectivity index (χ1) is 12.6. The van der Waals surface area contributed by atoms with Crippen LogP contribution in [0.2, 0.25) is 5.02 Å². The van der Waals surface area contributed by atoms with Crippen LogP contribution in [0.15, 0.2) is 35.7 Å². The Morgan fingerprint density at radius 1 is 1.31 bits per heavy atom. The van der Waals surface area contributed by atoms with E-state index in [4.69, 9.17) is 16.3 Å². The number of aryl methyl sites for hydroxylation is 1. The monoisotopic (exact) mass is 404 g/mol. The lowest BCUT2D eigenvalue weighted by Crippen LogP contribution is -2.35. The van der Waals surface area contributed by atoms with Crippen molar-refractivity contribution in [2.45, 2.75) is 26.5 Å². The number of hydrogen-bond donors (Lipinski definition) is 0. The fourth-order valence-electron chi connectivity index (χ4n) is 2.95. The quantitative estimate of drug-likeness (QED) is 0.618. The maximum absolute atomic E-state index is 12.9. The number of carbonyl (C=O) groups is 1. The number of nitrogens with zero attached hydrogens (tertiary/aromatic N) is 2. The second-order valence-electron chi connectivity index (χ2n) is 6.11. The summed E-state index contributed by atoms with van der Waals surface area (Å²) in [6.45, 7) is 3.68. The van der Waals surface area contributed by atoms with Gasteiger partial charge in [0, 0.05) is 23.0 Å². The molecular formula is C19H17ClN2O2S2. The Bertz CT molecular complexity index is 933. The molecule has 3 heterocycles. The molecule has 0 aliphatic carbocycles. The molecule has 0 fully saturated rings. The van der Waals surface area contributed by atoms with Gasteiger partial charge in [-0.25, -0.2) is 4.98 Å². The Morgan fingerprint density at radius 2 is 2.12 bits per heavy atom. The molecule has 0 unspecified atom stereocenters. The second-order valence-corrected chi connectivity index (χ2v) is 8.63. The minimum atomic E-state index is 0.0644. The topological polar surface area (TPSA) is 42.4 Å². The van der Waals surface area contributed by atoms with Crippen LogP contribution in [0.4, 0.5) is 0 Å². The van der Waals surface area contributed by atoms with Crippen molar-refractivity contribution in [2.75, 3.05) is 6.54 Å². The number of hydrogen-bond acceptors (Lipinski definition) is 5. The highest BCUT2D eigenvalue weighted by molar-refractivity contribution is 7.13. The molecule has 0 saturated carbocycles. The van der Waals surface area contributed by atoms with Crippen molar-refractivity contribution in [2.24, 2.45) is 0 Å². The molecule has 0 bridgehead atoms. The van der Waals surface area contributed by atoms with Gasteiger partial charge >= 0.3 is 0 Å². The molecule has 4 nitrogen and oxygen atoms in total. The molecular weight excluding hydrogens is 388 g/mol. The molecule has 7 heteroatoms. The van der Waals surface area contributed by atoms with E-state index in [-0.39, 0.29) is 5.91 Å². The number of carbonyl (C=O) groups excluding carboxylic acids is 1. The number of aromatic nitrogens is 1. The van der Waals surface area contributed by atoms with Gasteiger partial charge in [-0.1, -0.05) is 11.6 Å². The summed E-state index contributed by atoms with van der Waals surface area (Å²) in [5.41, 5.74) is 2.04. The number of benzene rings is 1. The average Bonchev–Trinajstić information content (AvgIpc) is 3.26. The van der Waals surface area contributed by atoms with Gasteiger partial charge in [-0.05, 0) is 54.6 Å². The molecule has 1 aliphatic heterocycles. The third-order valence-electron chi connectivity index (χ3n) is 4.31. The van der Waals surface area contributed by atoms with Crippen LogP contribution in [0.1, 0.15) is 30.8 Å². The van der Waals surface area contributed by atoms with E-state index in [9.17, 15) is 4.79 Å². The third kappa shape index (κ3) is 3.63. The summed E-state index contributed by atoms with van der Waals surface area (Å²) < 4.78 is 5.74. The number of amides is 1. The predicted octanol–water partition coefficient (Wildman–Crippen LogP) is 4.94. The summed E-state index contributed by atoms with van der Waals surface area (Å²) in [5.74, 6) is 0.797. The van der Waals surface area contributed by atoms with Gasteiger partial charge in [0.1, 0.15) is 22.2 Å². The zero-order chi connectivity index (χ0) is 18.1. The van der Waals surface area contributed by atoms with Gasteiger partial charge in [-0.15, -0.1) is 22.7 Å². The summed E-state index contributed by atoms with van der Waals surface area (Å²) >= 11 is 9.07. The van der Waals surface area contributed by atoms with Crippen LogP contribution in [-0.2, 0) is 19.6 Å². The fourth-order valence-corrected chi connectivity index (χ4v) is 4.92. The minimum Gasteiger partial charge on any atom is -0.486 e. The Morgan fingerprint density at radius 3 is 2.92 bits per heavy atom. The zero-order valence-corrected chi connectivity index (χ0v) is 16.6. The standard InChI is InChI=1S/C19H17ClN2O2S2/c1-12-18(19(23)22-8-6-16-13(10-22)7-9-25-16)26-17(21-12)11-24-15-4-2-14(20)3-5-15/h2-5,7,9H,6,8,10-11H2,1H3. The normalized spacial score (nSPS) is 13.5. The van der Waals surface area contributed by atoms with Gasteiger partial charge < -0.3 is 9.64 Å². The van der Waals surface area contributed by atoms with E-state index in [1.165, 1.54) is 21.8 Å². The highest BCUT2D eigenvalue weighted by atomic mass is 35.5. The van der Waals surface area contributed by atoms with Crippen LogP contribution < -0.4 is 4.74 Å².